The number of nitrogens with zero attached hydrogens (tertiary/aromatic N) is 1. The van der Waals surface area contributed by atoms with Gasteiger partial charge in [-0.1, -0.05) is 48.5 Å². The molecule has 121 valence electrons. The van der Waals surface area contributed by atoms with E-state index in [2.05, 4.69) is 72.6 Å². The van der Waals surface area contributed by atoms with Crippen LogP contribution in [0.5, 0.6) is 0 Å². The highest BCUT2D eigenvalue weighted by molar-refractivity contribution is 5.26. The van der Waals surface area contributed by atoms with E-state index in [0.29, 0.717) is 6.04 Å². The Morgan fingerprint density at radius 2 is 1.57 bits per heavy atom. The Kier molecular flexibility index (Phi) is 5.47. The third-order valence-electron chi connectivity index (χ3n) is 4.72. The largest absolute Gasteiger partial charge is 0.306 e. The zero-order valence-corrected chi connectivity index (χ0v) is 14.1. The Hall–Kier alpha value is -1.64. The molecule has 0 aliphatic carbocycles. The fraction of sp³-hybridized carbons (Fsp3) is 0.381. The second-order valence-corrected chi connectivity index (χ2v) is 6.64. The second kappa shape index (κ2) is 7.76. The molecule has 1 atom stereocenters. The van der Waals surface area contributed by atoms with E-state index in [1.54, 1.807) is 0 Å². The van der Waals surface area contributed by atoms with Crippen molar-refractivity contribution in [1.82, 2.24) is 10.2 Å². The van der Waals surface area contributed by atoms with Gasteiger partial charge in [0.05, 0.1) is 0 Å². The van der Waals surface area contributed by atoms with Crippen LogP contribution in [-0.4, -0.2) is 18.0 Å². The van der Waals surface area contributed by atoms with Crippen LogP contribution in [0.2, 0.25) is 0 Å². The van der Waals surface area contributed by atoms with Gasteiger partial charge in [0.15, 0.2) is 0 Å². The molecule has 1 radical (unpaired) electrons. The summed E-state index contributed by atoms with van der Waals surface area (Å²) in [6, 6.07) is 17.9. The van der Waals surface area contributed by atoms with E-state index in [4.69, 9.17) is 0 Å². The number of hydrogen-bond donors (Lipinski definition) is 1. The minimum atomic E-state index is 0.357. The summed E-state index contributed by atoms with van der Waals surface area (Å²) in [5.74, 6) is 0. The molecule has 0 aromatic heterocycles. The lowest BCUT2D eigenvalue weighted by Crippen LogP contribution is -2.19. The lowest BCUT2D eigenvalue weighted by molar-refractivity contribution is 0.331. The van der Waals surface area contributed by atoms with Crippen LogP contribution in [0, 0.1) is 6.92 Å². The van der Waals surface area contributed by atoms with Crippen LogP contribution in [0.25, 0.3) is 0 Å². The summed E-state index contributed by atoms with van der Waals surface area (Å²) in [7, 11) is 0. The average Bonchev–Trinajstić information content (AvgIpc) is 3.08. The lowest BCUT2D eigenvalue weighted by Gasteiger charge is -2.17. The van der Waals surface area contributed by atoms with Crippen molar-refractivity contribution in [1.29, 1.82) is 0 Å². The molecule has 1 heterocycles. The summed E-state index contributed by atoms with van der Waals surface area (Å²) in [6.45, 7) is 10.6. The van der Waals surface area contributed by atoms with Crippen LogP contribution in [0.3, 0.4) is 0 Å². The summed E-state index contributed by atoms with van der Waals surface area (Å²) < 4.78 is 0. The lowest BCUT2D eigenvalue weighted by atomic mass is 10.1. The van der Waals surface area contributed by atoms with Crippen LogP contribution < -0.4 is 5.32 Å². The van der Waals surface area contributed by atoms with Crippen molar-refractivity contribution in [2.75, 3.05) is 13.1 Å². The second-order valence-electron chi connectivity index (χ2n) is 6.64. The third-order valence-corrected chi connectivity index (χ3v) is 4.72. The quantitative estimate of drug-likeness (QED) is 0.855. The summed E-state index contributed by atoms with van der Waals surface area (Å²) in [5, 5.41) is 3.60. The van der Waals surface area contributed by atoms with Crippen LogP contribution in [0.4, 0.5) is 0 Å². The smallest absolute Gasteiger partial charge is 0.0294 e. The zero-order valence-electron chi connectivity index (χ0n) is 14.1. The average molecular weight is 307 g/mol. The zero-order chi connectivity index (χ0) is 16.1. The molecule has 2 heteroatoms. The minimum Gasteiger partial charge on any atom is -0.306 e. The van der Waals surface area contributed by atoms with E-state index in [9.17, 15) is 0 Å². The maximum Gasteiger partial charge on any atom is 0.0294 e. The van der Waals surface area contributed by atoms with Crippen molar-refractivity contribution in [2.24, 2.45) is 0 Å². The first-order valence-electron chi connectivity index (χ1n) is 8.66. The molecule has 0 amide bonds. The summed E-state index contributed by atoms with van der Waals surface area (Å²) in [4.78, 5) is 2.54. The van der Waals surface area contributed by atoms with Crippen molar-refractivity contribution in [3.8, 4) is 0 Å². The van der Waals surface area contributed by atoms with Gasteiger partial charge in [-0.25, -0.2) is 0 Å². The van der Waals surface area contributed by atoms with Crippen molar-refractivity contribution < 1.29 is 0 Å². The van der Waals surface area contributed by atoms with Crippen LogP contribution in [-0.2, 0) is 13.1 Å². The number of rotatable bonds is 6. The van der Waals surface area contributed by atoms with Gasteiger partial charge in [0.25, 0.3) is 0 Å². The highest BCUT2D eigenvalue weighted by Gasteiger charge is 2.12. The van der Waals surface area contributed by atoms with Crippen LogP contribution in [0.15, 0.2) is 48.5 Å². The van der Waals surface area contributed by atoms with Gasteiger partial charge in [0.1, 0.15) is 0 Å². The number of nitrogens with one attached hydrogen (secondary N) is 1. The molecule has 23 heavy (non-hydrogen) atoms. The fourth-order valence-corrected chi connectivity index (χ4v) is 3.16. The van der Waals surface area contributed by atoms with Crippen LogP contribution >= 0.6 is 0 Å². The highest BCUT2D eigenvalue weighted by Crippen LogP contribution is 2.17. The molecular formula is C21H27N2. The first kappa shape index (κ1) is 16.2. The van der Waals surface area contributed by atoms with Gasteiger partial charge in [-0.3, -0.25) is 4.90 Å². The molecular weight excluding hydrogens is 280 g/mol. The molecule has 2 aromatic rings. The van der Waals surface area contributed by atoms with Crippen molar-refractivity contribution in [3.63, 3.8) is 0 Å². The Bertz CT molecular complexity index is 595. The molecule has 0 spiro atoms. The van der Waals surface area contributed by atoms with E-state index < -0.39 is 0 Å². The first-order valence-corrected chi connectivity index (χ1v) is 8.66. The van der Waals surface area contributed by atoms with Gasteiger partial charge in [0, 0.05) is 19.1 Å². The predicted octanol–water partition coefficient (Wildman–Crippen LogP) is 4.32. The van der Waals surface area contributed by atoms with Gasteiger partial charge in [-0.15, -0.1) is 0 Å². The number of likely N-dealkylation sites (tertiary alicyclic amines) is 1. The molecule has 2 aromatic carbocycles. The van der Waals surface area contributed by atoms with E-state index in [1.807, 2.05) is 0 Å². The van der Waals surface area contributed by atoms with Gasteiger partial charge < -0.3 is 5.32 Å². The Labute approximate surface area is 140 Å². The standard InChI is InChI=1S/C21H27N2/c1-17-5-7-19(8-6-17)15-22-18(2)21-11-9-20(10-12-21)16-23-13-3-4-14-23/h5-12,18,22H,1,3-4,13-16H2,2H3. The van der Waals surface area contributed by atoms with E-state index in [1.165, 1.54) is 42.6 Å². The molecule has 0 saturated carbocycles. The topological polar surface area (TPSA) is 15.3 Å². The molecule has 1 unspecified atom stereocenters. The Morgan fingerprint density at radius 3 is 2.22 bits per heavy atom. The molecule has 1 fully saturated rings. The molecule has 0 bridgehead atoms. The van der Waals surface area contributed by atoms with Crippen LogP contribution in [0.1, 0.15) is 48.1 Å². The number of hydrogen-bond acceptors (Lipinski definition) is 2. The van der Waals surface area contributed by atoms with Crippen molar-refractivity contribution >= 4 is 0 Å². The van der Waals surface area contributed by atoms with Gasteiger partial charge in [-0.2, -0.15) is 0 Å². The Balaban J connectivity index is 1.52. The molecule has 1 N–H and O–H groups in total. The summed E-state index contributed by atoms with van der Waals surface area (Å²) >= 11 is 0. The van der Waals surface area contributed by atoms with E-state index in [-0.39, 0.29) is 0 Å². The first-order chi connectivity index (χ1) is 11.2. The Morgan fingerprint density at radius 1 is 0.957 bits per heavy atom. The van der Waals surface area contributed by atoms with Crippen molar-refractivity contribution in [2.45, 2.75) is 38.9 Å². The van der Waals surface area contributed by atoms with E-state index in [0.717, 1.165) is 18.7 Å². The maximum atomic E-state index is 3.93. The fourth-order valence-electron chi connectivity index (χ4n) is 3.16. The number of benzene rings is 2. The molecule has 1 saturated heterocycles. The van der Waals surface area contributed by atoms with E-state index >= 15 is 0 Å². The highest BCUT2D eigenvalue weighted by atomic mass is 15.1. The molecule has 1 aliphatic rings. The maximum absolute atomic E-state index is 3.93. The van der Waals surface area contributed by atoms with Gasteiger partial charge in [0.2, 0.25) is 0 Å². The predicted molar refractivity (Wildman–Crippen MR) is 97.1 cm³/mol. The summed E-state index contributed by atoms with van der Waals surface area (Å²) in [5.41, 5.74) is 5.14. The minimum absolute atomic E-state index is 0.357. The van der Waals surface area contributed by atoms with Gasteiger partial charge in [-0.05, 0) is 62.0 Å². The third kappa shape index (κ3) is 4.66. The molecule has 2 nitrogen and oxygen atoms in total. The molecule has 1 aliphatic heterocycles. The monoisotopic (exact) mass is 307 g/mol. The normalized spacial score (nSPS) is 16.6. The molecule has 3 rings (SSSR count). The van der Waals surface area contributed by atoms with Crippen molar-refractivity contribution in [3.05, 3.63) is 77.7 Å². The SMILES string of the molecule is [CH2]c1ccc(CNC(C)c2ccc(CN3CCCC3)cc2)cc1. The van der Waals surface area contributed by atoms with Gasteiger partial charge >= 0.3 is 0 Å². The summed E-state index contributed by atoms with van der Waals surface area (Å²) in [6.07, 6.45) is 2.71.